The summed E-state index contributed by atoms with van der Waals surface area (Å²) >= 11 is 1.87. The summed E-state index contributed by atoms with van der Waals surface area (Å²) in [5.74, 6) is 0. The Labute approximate surface area is 264 Å². The van der Waals surface area contributed by atoms with Gasteiger partial charge in [-0.05, 0) is 53.1 Å². The molecule has 6 aromatic carbocycles. The number of fused-ring (bicyclic) bond motifs is 10. The van der Waals surface area contributed by atoms with Gasteiger partial charge in [0.1, 0.15) is 0 Å². The summed E-state index contributed by atoms with van der Waals surface area (Å²) in [6, 6.07) is 44.9. The van der Waals surface area contributed by atoms with Crippen LogP contribution in [0.1, 0.15) is 36.1 Å². The molecule has 0 spiro atoms. The van der Waals surface area contributed by atoms with Crippen molar-refractivity contribution >= 4 is 53.3 Å². The molecular weight excluding hydrogens is 567 g/mol. The van der Waals surface area contributed by atoms with Crippen LogP contribution in [0.3, 0.4) is 0 Å². The molecular formula is C41H25N3S. The standard InChI is InChI=1S/C41H25N3S/c1-41(2)33-12-5-3-9-31(33)38-34(41)18-17-30-29-11-7-10-28(39(29)45-40(30)38)27-16-14-25(23-43)21-37(27)44-35-13-6-4-8-26(35)32-20-24(22-42)15-19-36(32)44/h3-21H,1-2H3. The number of aromatic nitrogens is 1. The Balaban J connectivity index is 1.37. The smallest absolute Gasteiger partial charge is 0.0992 e. The van der Waals surface area contributed by atoms with Crippen molar-refractivity contribution in [3.63, 3.8) is 0 Å². The number of nitriles is 2. The van der Waals surface area contributed by atoms with Gasteiger partial charge in [-0.15, -0.1) is 11.3 Å². The molecule has 2 aromatic heterocycles. The monoisotopic (exact) mass is 591 g/mol. The SMILES string of the molecule is CC1(C)c2ccccc2-c2c1ccc1c2sc2c(-c3ccc(C#N)cc3-n3c4ccccc4c4cc(C#N)ccc43)cccc21. The minimum atomic E-state index is -0.0542. The highest BCUT2D eigenvalue weighted by atomic mass is 32.1. The van der Waals surface area contributed by atoms with E-state index < -0.39 is 0 Å². The molecule has 4 heteroatoms. The van der Waals surface area contributed by atoms with Gasteiger partial charge in [-0.1, -0.05) is 92.7 Å². The Morgan fingerprint density at radius 2 is 1.24 bits per heavy atom. The molecule has 0 unspecified atom stereocenters. The van der Waals surface area contributed by atoms with E-state index in [-0.39, 0.29) is 5.41 Å². The number of nitrogens with zero attached hydrogens (tertiary/aromatic N) is 3. The van der Waals surface area contributed by atoms with Gasteiger partial charge in [-0.25, -0.2) is 0 Å². The largest absolute Gasteiger partial charge is 0.309 e. The van der Waals surface area contributed by atoms with Crippen molar-refractivity contribution in [2.24, 2.45) is 0 Å². The Bertz CT molecular complexity index is 2650. The predicted octanol–water partition coefficient (Wildman–Crippen LogP) is 10.9. The molecule has 1 aliphatic rings. The van der Waals surface area contributed by atoms with Crippen molar-refractivity contribution in [2.45, 2.75) is 19.3 Å². The van der Waals surface area contributed by atoms with Crippen molar-refractivity contribution in [1.29, 1.82) is 10.5 Å². The van der Waals surface area contributed by atoms with Crippen molar-refractivity contribution in [3.8, 4) is 40.1 Å². The Hall–Kier alpha value is -5.68. The van der Waals surface area contributed by atoms with E-state index in [0.717, 1.165) is 38.6 Å². The highest BCUT2D eigenvalue weighted by Gasteiger charge is 2.36. The van der Waals surface area contributed by atoms with Gasteiger partial charge in [0.25, 0.3) is 0 Å². The first-order valence-electron chi connectivity index (χ1n) is 15.1. The van der Waals surface area contributed by atoms with Crippen molar-refractivity contribution in [2.75, 3.05) is 0 Å². The van der Waals surface area contributed by atoms with Crippen LogP contribution in [-0.2, 0) is 5.41 Å². The highest BCUT2D eigenvalue weighted by molar-refractivity contribution is 7.27. The minimum absolute atomic E-state index is 0.0542. The van der Waals surface area contributed by atoms with Crippen LogP contribution >= 0.6 is 11.3 Å². The van der Waals surface area contributed by atoms with E-state index in [2.05, 4.69) is 103 Å². The molecule has 1 aliphatic carbocycles. The zero-order valence-corrected chi connectivity index (χ0v) is 25.5. The van der Waals surface area contributed by atoms with Crippen molar-refractivity contribution in [1.82, 2.24) is 4.57 Å². The normalized spacial score (nSPS) is 13.2. The van der Waals surface area contributed by atoms with Crippen LogP contribution in [0.25, 0.3) is 69.9 Å². The van der Waals surface area contributed by atoms with E-state index >= 15 is 0 Å². The number of thiophene rings is 1. The summed E-state index contributed by atoms with van der Waals surface area (Å²) in [5, 5.41) is 24.3. The van der Waals surface area contributed by atoms with Crippen molar-refractivity contribution in [3.05, 3.63) is 138 Å². The van der Waals surface area contributed by atoms with Gasteiger partial charge in [0.15, 0.2) is 0 Å². The second-order valence-corrected chi connectivity index (χ2v) is 13.4. The van der Waals surface area contributed by atoms with Crippen LogP contribution in [0.15, 0.2) is 115 Å². The third-order valence-corrected chi connectivity index (χ3v) is 10.9. The summed E-state index contributed by atoms with van der Waals surface area (Å²) in [5.41, 5.74) is 11.8. The fourth-order valence-electron chi connectivity index (χ4n) is 7.57. The molecule has 2 heterocycles. The number of hydrogen-bond donors (Lipinski definition) is 0. The molecule has 0 radical (unpaired) electrons. The summed E-state index contributed by atoms with van der Waals surface area (Å²) in [6.07, 6.45) is 0. The van der Waals surface area contributed by atoms with E-state index in [0.29, 0.717) is 11.1 Å². The van der Waals surface area contributed by atoms with Crippen molar-refractivity contribution < 1.29 is 0 Å². The zero-order chi connectivity index (χ0) is 30.4. The molecule has 0 amide bonds. The molecule has 45 heavy (non-hydrogen) atoms. The van der Waals surface area contributed by atoms with Crippen LogP contribution < -0.4 is 0 Å². The molecule has 0 aliphatic heterocycles. The van der Waals surface area contributed by atoms with E-state index in [4.69, 9.17) is 0 Å². The molecule has 0 saturated carbocycles. The second kappa shape index (κ2) is 9.16. The van der Waals surface area contributed by atoms with Gasteiger partial charge in [0, 0.05) is 53.1 Å². The maximum absolute atomic E-state index is 10.0. The molecule has 210 valence electrons. The maximum atomic E-state index is 10.0. The number of benzene rings is 6. The Morgan fingerprint density at radius 3 is 2.11 bits per heavy atom. The highest BCUT2D eigenvalue weighted by Crippen LogP contribution is 2.54. The van der Waals surface area contributed by atoms with Gasteiger partial charge >= 0.3 is 0 Å². The summed E-state index contributed by atoms with van der Waals surface area (Å²) < 4.78 is 4.82. The average Bonchev–Trinajstić information content (AvgIpc) is 3.70. The van der Waals surface area contributed by atoms with Gasteiger partial charge < -0.3 is 4.57 Å². The van der Waals surface area contributed by atoms with E-state index in [1.165, 1.54) is 42.4 Å². The van der Waals surface area contributed by atoms with Crippen LogP contribution in [0.5, 0.6) is 0 Å². The summed E-state index contributed by atoms with van der Waals surface area (Å²) in [4.78, 5) is 0. The summed E-state index contributed by atoms with van der Waals surface area (Å²) in [7, 11) is 0. The van der Waals surface area contributed by atoms with Crippen LogP contribution in [0.4, 0.5) is 0 Å². The maximum Gasteiger partial charge on any atom is 0.0992 e. The van der Waals surface area contributed by atoms with Gasteiger partial charge in [0.2, 0.25) is 0 Å². The quantitative estimate of drug-likeness (QED) is 0.201. The Kier molecular flexibility index (Phi) is 5.25. The molecule has 8 aromatic rings. The third-order valence-electron chi connectivity index (χ3n) is 9.67. The second-order valence-electron chi connectivity index (χ2n) is 12.4. The van der Waals surface area contributed by atoms with Crippen LogP contribution in [-0.4, -0.2) is 4.57 Å². The van der Waals surface area contributed by atoms with Gasteiger partial charge in [-0.3, -0.25) is 0 Å². The average molecular weight is 592 g/mol. The van der Waals surface area contributed by atoms with Gasteiger partial charge in [-0.2, -0.15) is 10.5 Å². The molecule has 0 saturated heterocycles. The molecule has 0 N–H and O–H groups in total. The van der Waals surface area contributed by atoms with E-state index in [1.54, 1.807) is 0 Å². The minimum Gasteiger partial charge on any atom is -0.309 e. The number of para-hydroxylation sites is 1. The molecule has 0 fully saturated rings. The summed E-state index contributed by atoms with van der Waals surface area (Å²) in [6.45, 7) is 4.66. The first-order valence-corrected chi connectivity index (χ1v) is 15.9. The Morgan fingerprint density at radius 1 is 0.556 bits per heavy atom. The predicted molar refractivity (Wildman–Crippen MR) is 186 cm³/mol. The van der Waals surface area contributed by atoms with Crippen LogP contribution in [0.2, 0.25) is 0 Å². The zero-order valence-electron chi connectivity index (χ0n) is 24.7. The lowest BCUT2D eigenvalue weighted by Gasteiger charge is -2.21. The fraction of sp³-hybridized carbons (Fsp3) is 0.0732. The molecule has 0 bridgehead atoms. The topological polar surface area (TPSA) is 52.5 Å². The number of hydrogen-bond acceptors (Lipinski definition) is 3. The lowest BCUT2D eigenvalue weighted by molar-refractivity contribution is 0.661. The molecule has 9 rings (SSSR count). The van der Waals surface area contributed by atoms with Gasteiger partial charge in [0.05, 0.1) is 40.0 Å². The first-order chi connectivity index (χ1) is 22.0. The molecule has 0 atom stereocenters. The lowest BCUT2D eigenvalue weighted by Crippen LogP contribution is -2.14. The third kappa shape index (κ3) is 3.43. The van der Waals surface area contributed by atoms with Crippen LogP contribution in [0, 0.1) is 22.7 Å². The molecule has 3 nitrogen and oxygen atoms in total. The fourth-order valence-corrected chi connectivity index (χ4v) is 8.96. The van der Waals surface area contributed by atoms with E-state index in [9.17, 15) is 10.5 Å². The number of rotatable bonds is 2. The van der Waals surface area contributed by atoms with E-state index in [1.807, 2.05) is 53.8 Å². The first kappa shape index (κ1) is 25.8. The lowest BCUT2D eigenvalue weighted by atomic mass is 9.82.